The average Bonchev–Trinajstić information content (AvgIpc) is 2.62. The highest BCUT2D eigenvalue weighted by Gasteiger charge is 2.27. The fourth-order valence-electron chi connectivity index (χ4n) is 2.83. The van der Waals surface area contributed by atoms with Crippen molar-refractivity contribution < 1.29 is 13.2 Å². The predicted octanol–water partition coefficient (Wildman–Crippen LogP) is 3.41. The second-order valence-electron chi connectivity index (χ2n) is 6.43. The van der Waals surface area contributed by atoms with Crippen molar-refractivity contribution in [1.29, 1.82) is 0 Å². The van der Waals surface area contributed by atoms with Gasteiger partial charge in [-0.2, -0.15) is 4.31 Å². The van der Waals surface area contributed by atoms with Crippen LogP contribution in [0.25, 0.3) is 0 Å². The zero-order valence-corrected chi connectivity index (χ0v) is 15.9. The lowest BCUT2D eigenvalue weighted by molar-refractivity contribution is 0.102. The molecule has 3 rings (SSSR count). The molecule has 1 amide bonds. The molecule has 0 unspecified atom stereocenters. The Kier molecular flexibility index (Phi) is 5.60. The van der Waals surface area contributed by atoms with Gasteiger partial charge in [-0.3, -0.25) is 4.79 Å². The number of nitrogens with zero attached hydrogens (tertiary/aromatic N) is 2. The van der Waals surface area contributed by atoms with E-state index in [1.54, 1.807) is 18.2 Å². The molecule has 1 aromatic carbocycles. The van der Waals surface area contributed by atoms with E-state index in [9.17, 15) is 13.2 Å². The molecular weight excluding hydrogens is 374 g/mol. The van der Waals surface area contributed by atoms with Gasteiger partial charge in [0.1, 0.15) is 5.15 Å². The van der Waals surface area contributed by atoms with Crippen molar-refractivity contribution in [2.24, 2.45) is 5.92 Å². The van der Waals surface area contributed by atoms with Gasteiger partial charge >= 0.3 is 0 Å². The molecule has 1 N–H and O–H groups in total. The molecule has 1 fully saturated rings. The Labute approximate surface area is 158 Å². The monoisotopic (exact) mass is 393 g/mol. The third-order valence-corrected chi connectivity index (χ3v) is 6.60. The van der Waals surface area contributed by atoms with Gasteiger partial charge in [-0.15, -0.1) is 0 Å². The number of sulfonamides is 1. The lowest BCUT2D eigenvalue weighted by atomic mass is 10.0. The number of rotatable bonds is 4. The number of nitrogens with one attached hydrogen (secondary N) is 1. The van der Waals surface area contributed by atoms with E-state index in [0.29, 0.717) is 30.3 Å². The first kappa shape index (κ1) is 18.8. The van der Waals surface area contributed by atoms with Crippen molar-refractivity contribution in [3.8, 4) is 0 Å². The van der Waals surface area contributed by atoms with Crippen LogP contribution in [0.4, 0.5) is 5.69 Å². The molecule has 0 saturated carbocycles. The van der Waals surface area contributed by atoms with Crippen LogP contribution < -0.4 is 5.32 Å². The molecule has 1 aromatic heterocycles. The van der Waals surface area contributed by atoms with Crippen molar-refractivity contribution in [3.63, 3.8) is 0 Å². The van der Waals surface area contributed by atoms with Crippen LogP contribution in [0.15, 0.2) is 47.5 Å². The summed E-state index contributed by atoms with van der Waals surface area (Å²) in [6.45, 7) is 3.23. The van der Waals surface area contributed by atoms with E-state index in [1.807, 2.05) is 0 Å². The van der Waals surface area contributed by atoms with Gasteiger partial charge in [0.25, 0.3) is 5.91 Å². The lowest BCUT2D eigenvalue weighted by Gasteiger charge is -2.29. The van der Waals surface area contributed by atoms with Gasteiger partial charge in [-0.05, 0) is 55.2 Å². The van der Waals surface area contributed by atoms with E-state index >= 15 is 0 Å². The van der Waals surface area contributed by atoms with Crippen LogP contribution in [0.5, 0.6) is 0 Å². The highest BCUT2D eigenvalue weighted by Crippen LogP contribution is 2.24. The molecule has 8 heteroatoms. The second kappa shape index (κ2) is 7.73. The summed E-state index contributed by atoms with van der Waals surface area (Å²) in [5.74, 6) is 0.218. The van der Waals surface area contributed by atoms with Crippen molar-refractivity contribution in [2.75, 3.05) is 18.4 Å². The van der Waals surface area contributed by atoms with Crippen molar-refractivity contribution >= 4 is 33.2 Å². The van der Waals surface area contributed by atoms with Gasteiger partial charge in [0.05, 0.1) is 4.90 Å². The average molecular weight is 394 g/mol. The number of aromatic nitrogens is 1. The van der Waals surface area contributed by atoms with E-state index in [2.05, 4.69) is 17.2 Å². The maximum absolute atomic E-state index is 12.7. The Morgan fingerprint density at radius 2 is 1.85 bits per heavy atom. The number of piperidine rings is 1. The Balaban J connectivity index is 1.71. The number of hydrogen-bond acceptors (Lipinski definition) is 4. The third kappa shape index (κ3) is 4.23. The number of anilines is 1. The standard InChI is InChI=1S/C18H20ClN3O3S/c1-13-7-10-22(11-8-13)26(24,25)16-4-2-15(3-5-16)21-18(23)14-6-9-20-17(19)12-14/h2-6,9,12-13H,7-8,10-11H2,1H3,(H,21,23). The quantitative estimate of drug-likeness (QED) is 0.807. The Morgan fingerprint density at radius 1 is 1.19 bits per heavy atom. The SMILES string of the molecule is CC1CCN(S(=O)(=O)c2ccc(NC(=O)c3ccnc(Cl)c3)cc2)CC1. The molecule has 2 heterocycles. The van der Waals surface area contributed by atoms with Crippen LogP contribution >= 0.6 is 11.6 Å². The molecule has 26 heavy (non-hydrogen) atoms. The molecule has 1 aliphatic rings. The molecule has 0 bridgehead atoms. The van der Waals surface area contributed by atoms with E-state index < -0.39 is 10.0 Å². The predicted molar refractivity (Wildman–Crippen MR) is 101 cm³/mol. The first-order valence-electron chi connectivity index (χ1n) is 8.39. The van der Waals surface area contributed by atoms with Crippen LogP contribution in [0.2, 0.25) is 5.15 Å². The highest BCUT2D eigenvalue weighted by molar-refractivity contribution is 7.89. The van der Waals surface area contributed by atoms with E-state index in [0.717, 1.165) is 12.8 Å². The summed E-state index contributed by atoms with van der Waals surface area (Å²) >= 11 is 5.78. The van der Waals surface area contributed by atoms with Gasteiger partial charge < -0.3 is 5.32 Å². The Morgan fingerprint density at radius 3 is 2.46 bits per heavy atom. The number of carbonyl (C=O) groups excluding carboxylic acids is 1. The molecule has 0 aliphatic carbocycles. The normalized spacial score (nSPS) is 16.4. The molecule has 138 valence electrons. The summed E-state index contributed by atoms with van der Waals surface area (Å²) in [6.07, 6.45) is 3.20. The van der Waals surface area contributed by atoms with Crippen LogP contribution in [0.1, 0.15) is 30.1 Å². The fourth-order valence-corrected chi connectivity index (χ4v) is 4.48. The van der Waals surface area contributed by atoms with Gasteiger partial charge in [0.15, 0.2) is 0 Å². The summed E-state index contributed by atoms with van der Waals surface area (Å²) in [4.78, 5) is 16.3. The van der Waals surface area contributed by atoms with Gasteiger partial charge in [-0.1, -0.05) is 18.5 Å². The molecule has 2 aromatic rings. The maximum atomic E-state index is 12.7. The minimum Gasteiger partial charge on any atom is -0.322 e. The summed E-state index contributed by atoms with van der Waals surface area (Å²) in [5.41, 5.74) is 0.887. The Hall–Kier alpha value is -1.96. The second-order valence-corrected chi connectivity index (χ2v) is 8.76. The smallest absolute Gasteiger partial charge is 0.255 e. The molecule has 1 aliphatic heterocycles. The fraction of sp³-hybridized carbons (Fsp3) is 0.333. The van der Waals surface area contributed by atoms with Gasteiger partial charge in [0, 0.05) is 30.5 Å². The lowest BCUT2D eigenvalue weighted by Crippen LogP contribution is -2.37. The number of pyridine rings is 1. The zero-order valence-electron chi connectivity index (χ0n) is 14.4. The number of amides is 1. The summed E-state index contributed by atoms with van der Waals surface area (Å²) in [7, 11) is -3.49. The molecule has 1 saturated heterocycles. The van der Waals surface area contributed by atoms with Crippen LogP contribution in [0, 0.1) is 5.92 Å². The molecule has 6 nitrogen and oxygen atoms in total. The van der Waals surface area contributed by atoms with Crippen molar-refractivity contribution in [2.45, 2.75) is 24.7 Å². The molecular formula is C18H20ClN3O3S. The maximum Gasteiger partial charge on any atom is 0.255 e. The van der Waals surface area contributed by atoms with Gasteiger partial charge in [0.2, 0.25) is 10.0 Å². The summed E-state index contributed by atoms with van der Waals surface area (Å²) in [6, 6.07) is 9.22. The molecule has 0 atom stereocenters. The zero-order chi connectivity index (χ0) is 18.7. The number of carbonyl (C=O) groups is 1. The van der Waals surface area contributed by atoms with E-state index in [1.165, 1.54) is 28.7 Å². The molecule has 0 spiro atoms. The Bertz CT molecular complexity index is 892. The van der Waals surface area contributed by atoms with Gasteiger partial charge in [-0.25, -0.2) is 13.4 Å². The number of benzene rings is 1. The van der Waals surface area contributed by atoms with E-state index in [-0.39, 0.29) is 16.0 Å². The summed E-state index contributed by atoms with van der Waals surface area (Å²) < 4.78 is 26.9. The highest BCUT2D eigenvalue weighted by atomic mass is 35.5. The first-order valence-corrected chi connectivity index (χ1v) is 10.2. The minimum absolute atomic E-state index is 0.231. The van der Waals surface area contributed by atoms with Crippen LogP contribution in [-0.2, 0) is 10.0 Å². The van der Waals surface area contributed by atoms with Crippen LogP contribution in [0.3, 0.4) is 0 Å². The number of hydrogen-bond donors (Lipinski definition) is 1. The summed E-state index contributed by atoms with van der Waals surface area (Å²) in [5, 5.41) is 2.95. The third-order valence-electron chi connectivity index (χ3n) is 4.48. The van der Waals surface area contributed by atoms with Crippen molar-refractivity contribution in [3.05, 3.63) is 53.3 Å². The topological polar surface area (TPSA) is 79.4 Å². The van der Waals surface area contributed by atoms with Crippen LogP contribution in [-0.4, -0.2) is 36.7 Å². The minimum atomic E-state index is -3.49. The number of halogens is 1. The van der Waals surface area contributed by atoms with Crippen molar-refractivity contribution in [1.82, 2.24) is 9.29 Å². The first-order chi connectivity index (χ1) is 12.4. The molecule has 0 radical (unpaired) electrons. The van der Waals surface area contributed by atoms with E-state index in [4.69, 9.17) is 11.6 Å². The largest absolute Gasteiger partial charge is 0.322 e.